The van der Waals surface area contributed by atoms with Crippen molar-refractivity contribution >= 4 is 5.91 Å². The molecule has 13 heavy (non-hydrogen) atoms. The molecule has 0 atom stereocenters. The summed E-state index contributed by atoms with van der Waals surface area (Å²) in [4.78, 5) is 10.8. The second-order valence-electron chi connectivity index (χ2n) is 3.52. The van der Waals surface area contributed by atoms with Crippen molar-refractivity contribution in [3.05, 3.63) is 0 Å². The summed E-state index contributed by atoms with van der Waals surface area (Å²) < 4.78 is 0. The lowest BCUT2D eigenvalue weighted by atomic mass is 10.3. The highest BCUT2D eigenvalue weighted by molar-refractivity contribution is 5.75. The van der Waals surface area contributed by atoms with E-state index in [0.717, 1.165) is 25.9 Å². The van der Waals surface area contributed by atoms with E-state index in [0.29, 0.717) is 12.5 Å². The van der Waals surface area contributed by atoms with Crippen LogP contribution in [0.4, 0.5) is 0 Å². The molecule has 0 aliphatic heterocycles. The van der Waals surface area contributed by atoms with Gasteiger partial charge < -0.3 is 10.6 Å². The number of hydrogen-bond acceptors (Lipinski definition) is 2. The third-order valence-electron chi connectivity index (χ3n) is 1.80. The number of nitrogens with one attached hydrogen (secondary N) is 2. The molecule has 0 aromatic carbocycles. The molecule has 0 radical (unpaired) electrons. The maximum absolute atomic E-state index is 10.8. The van der Waals surface area contributed by atoms with Crippen LogP contribution in [0.5, 0.6) is 0 Å². The first-order valence-corrected chi connectivity index (χ1v) is 5.17. The molecule has 3 nitrogen and oxygen atoms in total. The molecule has 0 fully saturated rings. The Morgan fingerprint density at radius 2 is 1.85 bits per heavy atom. The summed E-state index contributed by atoms with van der Waals surface area (Å²) in [7, 11) is 0. The third kappa shape index (κ3) is 9.34. The zero-order valence-corrected chi connectivity index (χ0v) is 9.02. The predicted octanol–water partition coefficient (Wildman–Crippen LogP) is 1.29. The molecule has 0 heterocycles. The molecule has 0 aliphatic carbocycles. The number of carbonyl (C=O) groups excluding carboxylic acids is 1. The highest BCUT2D eigenvalue weighted by Gasteiger charge is 1.95. The average Bonchev–Trinajstić information content (AvgIpc) is 2.10. The van der Waals surface area contributed by atoms with E-state index in [-0.39, 0.29) is 5.91 Å². The van der Waals surface area contributed by atoms with Crippen molar-refractivity contribution in [3.63, 3.8) is 0 Å². The number of unbranched alkanes of at least 4 members (excludes halogenated alkanes) is 1. The lowest BCUT2D eigenvalue weighted by Crippen LogP contribution is -2.26. The van der Waals surface area contributed by atoms with Crippen LogP contribution in [0.3, 0.4) is 0 Å². The van der Waals surface area contributed by atoms with Gasteiger partial charge in [-0.2, -0.15) is 0 Å². The number of rotatable bonds is 7. The van der Waals surface area contributed by atoms with Crippen molar-refractivity contribution in [2.45, 2.75) is 46.1 Å². The summed E-state index contributed by atoms with van der Waals surface area (Å²) in [5.74, 6) is 0.150. The average molecular weight is 186 g/mol. The van der Waals surface area contributed by atoms with E-state index >= 15 is 0 Å². The molecule has 78 valence electrons. The summed E-state index contributed by atoms with van der Waals surface area (Å²) in [6.45, 7) is 8.00. The van der Waals surface area contributed by atoms with Gasteiger partial charge in [-0.1, -0.05) is 20.8 Å². The Kier molecular flexibility index (Phi) is 7.69. The van der Waals surface area contributed by atoms with Gasteiger partial charge in [-0.3, -0.25) is 4.79 Å². The van der Waals surface area contributed by atoms with Crippen LogP contribution in [0, 0.1) is 0 Å². The third-order valence-corrected chi connectivity index (χ3v) is 1.80. The zero-order valence-electron chi connectivity index (χ0n) is 9.02. The molecular formula is C10H22N2O. The number of carbonyl (C=O) groups is 1. The fraction of sp³-hybridized carbons (Fsp3) is 0.900. The minimum atomic E-state index is 0.150. The molecule has 2 N–H and O–H groups in total. The standard InChI is InChI=1S/C10H22N2O/c1-4-10(13)12-8-6-5-7-11-9(2)3/h9,11H,4-8H2,1-3H3,(H,12,13). The molecule has 0 saturated heterocycles. The Balaban J connectivity index is 3.04. The van der Waals surface area contributed by atoms with Gasteiger partial charge in [0, 0.05) is 19.0 Å². The van der Waals surface area contributed by atoms with Gasteiger partial charge >= 0.3 is 0 Å². The Morgan fingerprint density at radius 1 is 1.23 bits per heavy atom. The minimum Gasteiger partial charge on any atom is -0.356 e. The van der Waals surface area contributed by atoms with Gasteiger partial charge in [-0.15, -0.1) is 0 Å². The summed E-state index contributed by atoms with van der Waals surface area (Å²) in [6, 6.07) is 0.560. The molecular weight excluding hydrogens is 164 g/mol. The van der Waals surface area contributed by atoms with Crippen LogP contribution in [0.1, 0.15) is 40.0 Å². The maximum atomic E-state index is 10.8. The summed E-state index contributed by atoms with van der Waals surface area (Å²) in [5, 5.41) is 6.19. The summed E-state index contributed by atoms with van der Waals surface area (Å²) >= 11 is 0. The van der Waals surface area contributed by atoms with E-state index in [9.17, 15) is 4.79 Å². The van der Waals surface area contributed by atoms with Crippen LogP contribution in [0.25, 0.3) is 0 Å². The quantitative estimate of drug-likeness (QED) is 0.588. The van der Waals surface area contributed by atoms with E-state index in [1.807, 2.05) is 6.92 Å². The van der Waals surface area contributed by atoms with E-state index in [1.165, 1.54) is 0 Å². The normalized spacial score (nSPS) is 10.5. The Hall–Kier alpha value is -0.570. The van der Waals surface area contributed by atoms with E-state index in [4.69, 9.17) is 0 Å². The smallest absolute Gasteiger partial charge is 0.219 e. The van der Waals surface area contributed by atoms with Crippen LogP contribution >= 0.6 is 0 Å². The van der Waals surface area contributed by atoms with Crippen LogP contribution in [-0.2, 0) is 4.79 Å². The second kappa shape index (κ2) is 8.05. The van der Waals surface area contributed by atoms with E-state index < -0.39 is 0 Å². The first-order valence-electron chi connectivity index (χ1n) is 5.17. The van der Waals surface area contributed by atoms with Crippen molar-refractivity contribution in [2.24, 2.45) is 0 Å². The summed E-state index contributed by atoms with van der Waals surface area (Å²) in [6.07, 6.45) is 2.78. The monoisotopic (exact) mass is 186 g/mol. The highest BCUT2D eigenvalue weighted by Crippen LogP contribution is 1.87. The molecule has 0 bridgehead atoms. The van der Waals surface area contributed by atoms with Crippen LogP contribution in [0.15, 0.2) is 0 Å². The van der Waals surface area contributed by atoms with Gasteiger partial charge in [0.25, 0.3) is 0 Å². The van der Waals surface area contributed by atoms with Crippen LogP contribution < -0.4 is 10.6 Å². The molecule has 3 heteroatoms. The van der Waals surface area contributed by atoms with E-state index in [2.05, 4.69) is 24.5 Å². The van der Waals surface area contributed by atoms with Crippen molar-refractivity contribution in [1.82, 2.24) is 10.6 Å². The number of hydrogen-bond donors (Lipinski definition) is 2. The molecule has 0 aromatic heterocycles. The van der Waals surface area contributed by atoms with Gasteiger partial charge in [0.1, 0.15) is 0 Å². The van der Waals surface area contributed by atoms with Crippen LogP contribution in [0.2, 0.25) is 0 Å². The summed E-state index contributed by atoms with van der Waals surface area (Å²) in [5.41, 5.74) is 0. The predicted molar refractivity (Wildman–Crippen MR) is 55.7 cm³/mol. The molecule has 0 rings (SSSR count). The maximum Gasteiger partial charge on any atom is 0.219 e. The lowest BCUT2D eigenvalue weighted by molar-refractivity contribution is -0.120. The largest absolute Gasteiger partial charge is 0.356 e. The van der Waals surface area contributed by atoms with Crippen molar-refractivity contribution in [2.75, 3.05) is 13.1 Å². The molecule has 0 aromatic rings. The van der Waals surface area contributed by atoms with Gasteiger partial charge in [0.15, 0.2) is 0 Å². The fourth-order valence-electron chi connectivity index (χ4n) is 0.994. The van der Waals surface area contributed by atoms with Gasteiger partial charge in [0.05, 0.1) is 0 Å². The Morgan fingerprint density at radius 3 is 2.38 bits per heavy atom. The second-order valence-corrected chi connectivity index (χ2v) is 3.52. The number of amides is 1. The topological polar surface area (TPSA) is 41.1 Å². The molecule has 1 amide bonds. The highest BCUT2D eigenvalue weighted by atomic mass is 16.1. The fourth-order valence-corrected chi connectivity index (χ4v) is 0.994. The van der Waals surface area contributed by atoms with Gasteiger partial charge in [0.2, 0.25) is 5.91 Å². The molecule has 0 aliphatic rings. The van der Waals surface area contributed by atoms with E-state index in [1.54, 1.807) is 0 Å². The molecule has 0 unspecified atom stereocenters. The first kappa shape index (κ1) is 12.4. The SMILES string of the molecule is CCC(=O)NCCCCNC(C)C. The molecule has 0 saturated carbocycles. The molecule has 0 spiro atoms. The van der Waals surface area contributed by atoms with Crippen molar-refractivity contribution < 1.29 is 4.79 Å². The first-order chi connectivity index (χ1) is 6.16. The Bertz CT molecular complexity index is 135. The van der Waals surface area contributed by atoms with Crippen LogP contribution in [-0.4, -0.2) is 25.0 Å². The zero-order chi connectivity index (χ0) is 10.1. The van der Waals surface area contributed by atoms with Gasteiger partial charge in [-0.25, -0.2) is 0 Å². The van der Waals surface area contributed by atoms with Gasteiger partial charge in [-0.05, 0) is 19.4 Å². The Labute approximate surface area is 81.3 Å². The lowest BCUT2D eigenvalue weighted by Gasteiger charge is -2.07. The van der Waals surface area contributed by atoms with Crippen molar-refractivity contribution in [1.29, 1.82) is 0 Å². The van der Waals surface area contributed by atoms with Crippen molar-refractivity contribution in [3.8, 4) is 0 Å². The minimum absolute atomic E-state index is 0.150.